The predicted octanol–water partition coefficient (Wildman–Crippen LogP) is 3.98. The Morgan fingerprint density at radius 2 is 2.04 bits per heavy atom. The Balaban J connectivity index is 1.73. The van der Waals surface area contributed by atoms with E-state index in [4.69, 9.17) is 11.2 Å². The van der Waals surface area contributed by atoms with E-state index < -0.39 is 0 Å². The summed E-state index contributed by atoms with van der Waals surface area (Å²) in [5.41, 5.74) is 5.27. The van der Waals surface area contributed by atoms with Crippen LogP contribution in [0, 0.1) is 26.2 Å². The Hall–Kier alpha value is -3.52. The second kappa shape index (κ2) is 7.24. The third kappa shape index (κ3) is 3.25. The summed E-state index contributed by atoms with van der Waals surface area (Å²) in [6.07, 6.45) is 7.47. The highest BCUT2D eigenvalue weighted by molar-refractivity contribution is 5.94. The summed E-state index contributed by atoms with van der Waals surface area (Å²) in [6.45, 7) is 4.32. The minimum absolute atomic E-state index is 0.0165. The van der Waals surface area contributed by atoms with E-state index in [0.717, 1.165) is 33.8 Å². The van der Waals surface area contributed by atoms with Crippen LogP contribution in [0.5, 0.6) is 5.75 Å². The zero-order chi connectivity index (χ0) is 19.7. The van der Waals surface area contributed by atoms with E-state index in [0.29, 0.717) is 12.2 Å². The summed E-state index contributed by atoms with van der Waals surface area (Å²) in [4.78, 5) is 12.5. The fraction of sp³-hybridized carbons (Fsp3) is 0.217. The molecule has 0 radical (unpaired) electrons. The van der Waals surface area contributed by atoms with Gasteiger partial charge in [0.15, 0.2) is 0 Å². The van der Waals surface area contributed by atoms with Gasteiger partial charge in [0.2, 0.25) is 5.91 Å². The van der Waals surface area contributed by atoms with Gasteiger partial charge in [-0.05, 0) is 48.7 Å². The van der Waals surface area contributed by atoms with Crippen LogP contribution in [0.25, 0.3) is 5.69 Å². The van der Waals surface area contributed by atoms with Crippen LogP contribution in [0.3, 0.4) is 0 Å². The number of aromatic nitrogens is 2. The zero-order valence-corrected chi connectivity index (χ0v) is 15.9. The first-order valence-corrected chi connectivity index (χ1v) is 9.18. The quantitative estimate of drug-likeness (QED) is 0.706. The Labute approximate surface area is 164 Å². The number of carbonyl (C=O) groups is 1. The number of nitrogens with one attached hydrogen (secondary N) is 1. The minimum Gasteiger partial charge on any atom is -0.481 e. The third-order valence-corrected chi connectivity index (χ3v) is 5.02. The molecule has 5 nitrogen and oxygen atoms in total. The van der Waals surface area contributed by atoms with Gasteiger partial charge in [-0.1, -0.05) is 30.2 Å². The molecule has 4 rings (SSSR count). The van der Waals surface area contributed by atoms with Gasteiger partial charge < -0.3 is 10.1 Å². The normalized spacial score (nSPS) is 15.5. The Kier molecular flexibility index (Phi) is 4.62. The molecule has 0 spiro atoms. The molecule has 2 aromatic carbocycles. The number of anilines is 1. The topological polar surface area (TPSA) is 56.1 Å². The molecule has 2 heterocycles. The van der Waals surface area contributed by atoms with Gasteiger partial charge in [0, 0.05) is 17.9 Å². The molecule has 1 atom stereocenters. The standard InChI is InChI=1S/C23H21N3O2/c1-4-11-28-18-9-7-17(8-10-18)19-13-22(27)25-23-20(19)14-24-26(23)21-12-15(2)5-6-16(21)3/h1,5-10,12,14,19H,11,13H2,2-3H3,(H,25,27). The van der Waals surface area contributed by atoms with E-state index in [1.165, 1.54) is 0 Å². The van der Waals surface area contributed by atoms with Crippen LogP contribution in [-0.4, -0.2) is 22.3 Å². The molecule has 0 saturated carbocycles. The summed E-state index contributed by atoms with van der Waals surface area (Å²) in [5, 5.41) is 7.60. The smallest absolute Gasteiger partial charge is 0.226 e. The van der Waals surface area contributed by atoms with Crippen LogP contribution in [0.15, 0.2) is 48.7 Å². The minimum atomic E-state index is -0.0516. The van der Waals surface area contributed by atoms with Crippen LogP contribution >= 0.6 is 0 Å². The zero-order valence-electron chi connectivity index (χ0n) is 15.9. The molecule has 1 N–H and O–H groups in total. The van der Waals surface area contributed by atoms with Crippen LogP contribution in [0.2, 0.25) is 0 Å². The highest BCUT2D eigenvalue weighted by Crippen LogP contribution is 2.38. The first kappa shape index (κ1) is 17.9. The lowest BCUT2D eigenvalue weighted by molar-refractivity contribution is -0.116. The molecular weight excluding hydrogens is 350 g/mol. The second-order valence-corrected chi connectivity index (χ2v) is 7.02. The molecule has 0 aliphatic carbocycles. The molecule has 0 saturated heterocycles. The van der Waals surface area contributed by atoms with Gasteiger partial charge in [0.25, 0.3) is 0 Å². The fourth-order valence-electron chi connectivity index (χ4n) is 3.57. The molecule has 1 aliphatic rings. The van der Waals surface area contributed by atoms with Gasteiger partial charge in [0.1, 0.15) is 18.2 Å². The molecule has 3 aromatic rings. The molecule has 140 valence electrons. The number of nitrogens with zero attached hydrogens (tertiary/aromatic N) is 2. The number of aryl methyl sites for hydroxylation is 2. The van der Waals surface area contributed by atoms with Crippen molar-refractivity contribution >= 4 is 11.7 Å². The van der Waals surface area contributed by atoms with Gasteiger partial charge in [0.05, 0.1) is 11.9 Å². The second-order valence-electron chi connectivity index (χ2n) is 7.02. The largest absolute Gasteiger partial charge is 0.481 e. The number of rotatable bonds is 4. The van der Waals surface area contributed by atoms with Crippen molar-refractivity contribution in [2.24, 2.45) is 0 Å². The van der Waals surface area contributed by atoms with E-state index in [9.17, 15) is 4.79 Å². The maximum atomic E-state index is 12.5. The number of amides is 1. The molecular formula is C23H21N3O2. The van der Waals surface area contributed by atoms with Crippen molar-refractivity contribution in [3.05, 3.63) is 70.9 Å². The van der Waals surface area contributed by atoms with E-state index >= 15 is 0 Å². The molecule has 1 amide bonds. The van der Waals surface area contributed by atoms with Crippen molar-refractivity contribution in [3.63, 3.8) is 0 Å². The van der Waals surface area contributed by atoms with Crippen LogP contribution in [-0.2, 0) is 4.79 Å². The Bertz CT molecular complexity index is 1070. The lowest BCUT2D eigenvalue weighted by Gasteiger charge is -2.24. The number of hydrogen-bond donors (Lipinski definition) is 1. The summed E-state index contributed by atoms with van der Waals surface area (Å²) >= 11 is 0. The van der Waals surface area contributed by atoms with Crippen molar-refractivity contribution in [2.75, 3.05) is 11.9 Å². The van der Waals surface area contributed by atoms with Gasteiger partial charge in [-0.25, -0.2) is 4.68 Å². The monoisotopic (exact) mass is 371 g/mol. The summed E-state index contributed by atoms with van der Waals surface area (Å²) < 4.78 is 7.27. The van der Waals surface area contributed by atoms with Crippen LogP contribution in [0.4, 0.5) is 5.82 Å². The average molecular weight is 371 g/mol. The lowest BCUT2D eigenvalue weighted by Crippen LogP contribution is -2.24. The third-order valence-electron chi connectivity index (χ3n) is 5.02. The van der Waals surface area contributed by atoms with Crippen molar-refractivity contribution in [2.45, 2.75) is 26.2 Å². The van der Waals surface area contributed by atoms with Gasteiger partial charge in [-0.3, -0.25) is 4.79 Å². The van der Waals surface area contributed by atoms with E-state index in [2.05, 4.69) is 34.5 Å². The molecule has 5 heteroatoms. The van der Waals surface area contributed by atoms with E-state index in [1.807, 2.05) is 49.0 Å². The van der Waals surface area contributed by atoms with Crippen molar-refractivity contribution in [1.82, 2.24) is 9.78 Å². The number of carbonyl (C=O) groups excluding carboxylic acids is 1. The lowest BCUT2D eigenvalue weighted by atomic mass is 9.87. The Morgan fingerprint density at radius 1 is 1.25 bits per heavy atom. The molecule has 0 fully saturated rings. The maximum absolute atomic E-state index is 12.5. The molecule has 0 bridgehead atoms. The number of fused-ring (bicyclic) bond motifs is 1. The first-order valence-electron chi connectivity index (χ1n) is 9.18. The highest BCUT2D eigenvalue weighted by Gasteiger charge is 2.30. The van der Waals surface area contributed by atoms with Crippen molar-refractivity contribution in [1.29, 1.82) is 0 Å². The van der Waals surface area contributed by atoms with E-state index in [1.54, 1.807) is 0 Å². The van der Waals surface area contributed by atoms with Crippen molar-refractivity contribution in [3.8, 4) is 23.8 Å². The van der Waals surface area contributed by atoms with E-state index in [-0.39, 0.29) is 18.4 Å². The van der Waals surface area contributed by atoms with Gasteiger partial charge >= 0.3 is 0 Å². The van der Waals surface area contributed by atoms with Crippen LogP contribution in [0.1, 0.15) is 34.6 Å². The summed E-state index contributed by atoms with van der Waals surface area (Å²) in [7, 11) is 0. The SMILES string of the molecule is C#CCOc1ccc(C2CC(=O)Nc3c2cnn3-c2cc(C)ccc2C)cc1. The molecule has 1 unspecified atom stereocenters. The molecule has 28 heavy (non-hydrogen) atoms. The predicted molar refractivity (Wildman–Crippen MR) is 109 cm³/mol. The van der Waals surface area contributed by atoms with Gasteiger partial charge in [-0.2, -0.15) is 5.10 Å². The number of benzene rings is 2. The highest BCUT2D eigenvalue weighted by atomic mass is 16.5. The molecule has 1 aliphatic heterocycles. The number of ether oxygens (including phenoxy) is 1. The van der Waals surface area contributed by atoms with Gasteiger partial charge in [-0.15, -0.1) is 6.42 Å². The summed E-state index contributed by atoms with van der Waals surface area (Å²) in [5.74, 6) is 3.84. The first-order chi connectivity index (χ1) is 13.6. The van der Waals surface area contributed by atoms with Crippen molar-refractivity contribution < 1.29 is 9.53 Å². The average Bonchev–Trinajstić information content (AvgIpc) is 3.11. The number of terminal acetylenes is 1. The Morgan fingerprint density at radius 3 is 2.79 bits per heavy atom. The van der Waals surface area contributed by atoms with Crippen LogP contribution < -0.4 is 10.1 Å². The fourth-order valence-corrected chi connectivity index (χ4v) is 3.57. The summed E-state index contributed by atoms with van der Waals surface area (Å²) in [6, 6.07) is 13.9. The number of hydrogen-bond acceptors (Lipinski definition) is 3. The maximum Gasteiger partial charge on any atom is 0.226 e. The molecule has 1 aromatic heterocycles.